The maximum atomic E-state index is 11.9. The van der Waals surface area contributed by atoms with Crippen LogP contribution < -0.4 is 10.1 Å². The van der Waals surface area contributed by atoms with Crippen molar-refractivity contribution in [1.82, 2.24) is 10.2 Å². The van der Waals surface area contributed by atoms with Crippen LogP contribution in [-0.2, 0) is 0 Å². The molecule has 5 nitrogen and oxygen atoms in total. The minimum absolute atomic E-state index is 0.0188. The standard InChI is InChI=1S/C14H20N2O3/c1-19-13-5-4-11(10-12(13)17)14(18)15-6-9-16-7-2-3-8-16/h4-5,10,17H,2-3,6-9H2,1H3,(H,15,18). The van der Waals surface area contributed by atoms with Crippen molar-refractivity contribution >= 4 is 5.91 Å². The zero-order valence-corrected chi connectivity index (χ0v) is 11.2. The van der Waals surface area contributed by atoms with Crippen LogP contribution in [0.1, 0.15) is 23.2 Å². The van der Waals surface area contributed by atoms with E-state index in [-0.39, 0.29) is 11.7 Å². The van der Waals surface area contributed by atoms with Gasteiger partial charge in [-0.1, -0.05) is 0 Å². The number of benzene rings is 1. The van der Waals surface area contributed by atoms with Crippen molar-refractivity contribution in [2.75, 3.05) is 33.3 Å². The van der Waals surface area contributed by atoms with Gasteiger partial charge in [-0.3, -0.25) is 4.79 Å². The van der Waals surface area contributed by atoms with Crippen molar-refractivity contribution in [2.45, 2.75) is 12.8 Å². The lowest BCUT2D eigenvalue weighted by atomic mass is 10.2. The van der Waals surface area contributed by atoms with Crippen LogP contribution in [0, 0.1) is 0 Å². The van der Waals surface area contributed by atoms with Gasteiger partial charge in [0.2, 0.25) is 0 Å². The van der Waals surface area contributed by atoms with Crippen molar-refractivity contribution in [3.8, 4) is 11.5 Å². The van der Waals surface area contributed by atoms with Crippen LogP contribution in [0.3, 0.4) is 0 Å². The predicted molar refractivity (Wildman–Crippen MR) is 72.7 cm³/mol. The smallest absolute Gasteiger partial charge is 0.251 e. The molecule has 0 aliphatic carbocycles. The SMILES string of the molecule is COc1ccc(C(=O)NCCN2CCCC2)cc1O. The molecule has 0 radical (unpaired) electrons. The fourth-order valence-electron chi connectivity index (χ4n) is 2.27. The zero-order chi connectivity index (χ0) is 13.7. The van der Waals surface area contributed by atoms with E-state index >= 15 is 0 Å². The van der Waals surface area contributed by atoms with Crippen molar-refractivity contribution in [3.63, 3.8) is 0 Å². The van der Waals surface area contributed by atoms with Gasteiger partial charge in [-0.15, -0.1) is 0 Å². The highest BCUT2D eigenvalue weighted by Gasteiger charge is 2.12. The van der Waals surface area contributed by atoms with Crippen LogP contribution in [0.15, 0.2) is 18.2 Å². The number of hydrogen-bond donors (Lipinski definition) is 2. The summed E-state index contributed by atoms with van der Waals surface area (Å²) < 4.78 is 4.94. The lowest BCUT2D eigenvalue weighted by molar-refractivity contribution is 0.0949. The van der Waals surface area contributed by atoms with Crippen LogP contribution >= 0.6 is 0 Å². The third-order valence-corrected chi connectivity index (χ3v) is 3.35. The number of amides is 1. The van der Waals surface area contributed by atoms with Gasteiger partial charge in [-0.05, 0) is 44.1 Å². The number of aromatic hydroxyl groups is 1. The number of ether oxygens (including phenoxy) is 1. The number of likely N-dealkylation sites (tertiary alicyclic amines) is 1. The normalized spacial score (nSPS) is 15.4. The summed E-state index contributed by atoms with van der Waals surface area (Å²) in [4.78, 5) is 14.2. The largest absolute Gasteiger partial charge is 0.504 e. The first kappa shape index (κ1) is 13.7. The molecule has 2 N–H and O–H groups in total. The summed E-state index contributed by atoms with van der Waals surface area (Å²) in [5, 5.41) is 12.5. The molecule has 1 aliphatic rings. The Bertz CT molecular complexity index is 442. The minimum atomic E-state index is -0.169. The fraction of sp³-hybridized carbons (Fsp3) is 0.500. The number of hydrogen-bond acceptors (Lipinski definition) is 4. The third kappa shape index (κ3) is 3.61. The number of carbonyl (C=O) groups is 1. The molecule has 1 fully saturated rings. The van der Waals surface area contributed by atoms with Crippen LogP contribution in [0.4, 0.5) is 0 Å². The fourth-order valence-corrected chi connectivity index (χ4v) is 2.27. The lowest BCUT2D eigenvalue weighted by Crippen LogP contribution is -2.33. The molecule has 1 amide bonds. The summed E-state index contributed by atoms with van der Waals surface area (Å²) in [5.74, 6) is 0.181. The van der Waals surface area contributed by atoms with Crippen molar-refractivity contribution in [1.29, 1.82) is 0 Å². The molecule has 0 unspecified atom stereocenters. The van der Waals surface area contributed by atoms with Crippen LogP contribution in [0.25, 0.3) is 0 Å². The number of phenols is 1. The van der Waals surface area contributed by atoms with Gasteiger partial charge in [0.25, 0.3) is 5.91 Å². The van der Waals surface area contributed by atoms with E-state index in [0.29, 0.717) is 17.9 Å². The van der Waals surface area contributed by atoms with Gasteiger partial charge in [0.15, 0.2) is 11.5 Å². The molecule has 1 aromatic carbocycles. The summed E-state index contributed by atoms with van der Waals surface area (Å²) in [7, 11) is 1.48. The lowest BCUT2D eigenvalue weighted by Gasteiger charge is -2.14. The predicted octanol–water partition coefficient (Wildman–Crippen LogP) is 1.23. The topological polar surface area (TPSA) is 61.8 Å². The summed E-state index contributed by atoms with van der Waals surface area (Å²) in [6, 6.07) is 4.65. The molecule has 2 rings (SSSR count). The average Bonchev–Trinajstić information content (AvgIpc) is 2.91. The molecule has 0 spiro atoms. The number of nitrogens with zero attached hydrogens (tertiary/aromatic N) is 1. The van der Waals surface area contributed by atoms with E-state index < -0.39 is 0 Å². The number of carbonyl (C=O) groups excluding carboxylic acids is 1. The van der Waals surface area contributed by atoms with Crippen LogP contribution in [0.2, 0.25) is 0 Å². The van der Waals surface area contributed by atoms with Crippen molar-refractivity contribution < 1.29 is 14.6 Å². The van der Waals surface area contributed by atoms with Crippen molar-refractivity contribution in [2.24, 2.45) is 0 Å². The number of rotatable bonds is 5. The third-order valence-electron chi connectivity index (χ3n) is 3.35. The Kier molecular flexibility index (Phi) is 4.63. The van der Waals surface area contributed by atoms with E-state index in [0.717, 1.165) is 19.6 Å². The molecular formula is C14H20N2O3. The monoisotopic (exact) mass is 264 g/mol. The summed E-state index contributed by atoms with van der Waals surface area (Å²) >= 11 is 0. The first-order valence-electron chi connectivity index (χ1n) is 6.58. The van der Waals surface area contributed by atoms with Gasteiger partial charge < -0.3 is 20.1 Å². The molecule has 19 heavy (non-hydrogen) atoms. The molecule has 104 valence electrons. The highest BCUT2D eigenvalue weighted by Crippen LogP contribution is 2.26. The van der Waals surface area contributed by atoms with Gasteiger partial charge in [-0.25, -0.2) is 0 Å². The molecule has 0 saturated carbocycles. The number of phenolic OH excluding ortho intramolecular Hbond substituents is 1. The first-order valence-corrected chi connectivity index (χ1v) is 6.58. The summed E-state index contributed by atoms with van der Waals surface area (Å²) in [5.41, 5.74) is 0.444. The molecule has 1 saturated heterocycles. The molecule has 5 heteroatoms. The number of nitrogens with one attached hydrogen (secondary N) is 1. The Balaban J connectivity index is 1.83. The molecule has 1 aromatic rings. The Labute approximate surface area is 113 Å². The molecule has 1 aliphatic heterocycles. The van der Waals surface area contributed by atoms with Crippen LogP contribution in [0.5, 0.6) is 11.5 Å². The number of methoxy groups -OCH3 is 1. The summed E-state index contributed by atoms with van der Waals surface area (Å²) in [6.45, 7) is 3.76. The molecule has 0 aromatic heterocycles. The van der Waals surface area contributed by atoms with E-state index in [9.17, 15) is 9.90 Å². The Morgan fingerprint density at radius 1 is 1.42 bits per heavy atom. The highest BCUT2D eigenvalue weighted by molar-refractivity contribution is 5.94. The second-order valence-corrected chi connectivity index (χ2v) is 4.69. The second-order valence-electron chi connectivity index (χ2n) is 4.69. The van der Waals surface area contributed by atoms with E-state index in [1.165, 1.54) is 26.0 Å². The van der Waals surface area contributed by atoms with Gasteiger partial charge in [-0.2, -0.15) is 0 Å². The molecule has 0 bridgehead atoms. The summed E-state index contributed by atoms with van der Waals surface area (Å²) in [6.07, 6.45) is 2.50. The van der Waals surface area contributed by atoms with Crippen molar-refractivity contribution in [3.05, 3.63) is 23.8 Å². The average molecular weight is 264 g/mol. The molecule has 0 atom stereocenters. The van der Waals surface area contributed by atoms with Crippen LogP contribution in [-0.4, -0.2) is 49.2 Å². The maximum Gasteiger partial charge on any atom is 0.251 e. The highest BCUT2D eigenvalue weighted by atomic mass is 16.5. The van der Waals surface area contributed by atoms with Gasteiger partial charge in [0.05, 0.1) is 7.11 Å². The van der Waals surface area contributed by atoms with E-state index in [1.807, 2.05) is 0 Å². The van der Waals surface area contributed by atoms with E-state index in [2.05, 4.69) is 10.2 Å². The molecular weight excluding hydrogens is 244 g/mol. The quantitative estimate of drug-likeness (QED) is 0.839. The van der Waals surface area contributed by atoms with E-state index in [1.54, 1.807) is 12.1 Å². The van der Waals surface area contributed by atoms with Gasteiger partial charge in [0, 0.05) is 18.7 Å². The maximum absolute atomic E-state index is 11.9. The zero-order valence-electron chi connectivity index (χ0n) is 11.2. The Morgan fingerprint density at radius 2 is 2.16 bits per heavy atom. The molecule has 1 heterocycles. The van der Waals surface area contributed by atoms with E-state index in [4.69, 9.17) is 4.74 Å². The van der Waals surface area contributed by atoms with Gasteiger partial charge >= 0.3 is 0 Å². The van der Waals surface area contributed by atoms with Gasteiger partial charge in [0.1, 0.15) is 0 Å². The Morgan fingerprint density at radius 3 is 2.79 bits per heavy atom. The second kappa shape index (κ2) is 6.43. The first-order chi connectivity index (χ1) is 9.20. The Hall–Kier alpha value is -1.75. The minimum Gasteiger partial charge on any atom is -0.504 e.